The first-order valence-corrected chi connectivity index (χ1v) is 18.0. The number of para-hydroxylation sites is 1. The van der Waals surface area contributed by atoms with Gasteiger partial charge in [0.2, 0.25) is 0 Å². The maximum Gasteiger partial charge on any atom is 0.164 e. The first-order valence-electron chi connectivity index (χ1n) is 18.0. The number of allylic oxidation sites excluding steroid dienone is 14. The van der Waals surface area contributed by atoms with Crippen LogP contribution in [0.25, 0.3) is 49.8 Å². The summed E-state index contributed by atoms with van der Waals surface area (Å²) in [7, 11) is 0. The summed E-state index contributed by atoms with van der Waals surface area (Å²) in [5.41, 5.74) is 9.93. The van der Waals surface area contributed by atoms with Crippen molar-refractivity contribution >= 4 is 38.5 Å². The van der Waals surface area contributed by atoms with E-state index in [9.17, 15) is 0 Å². The van der Waals surface area contributed by atoms with Crippen molar-refractivity contribution in [2.75, 3.05) is 0 Å². The molecule has 0 radical (unpaired) electrons. The first kappa shape index (κ1) is 31.6. The van der Waals surface area contributed by atoms with Gasteiger partial charge in [0.15, 0.2) is 17.5 Å². The number of rotatable bonds is 8. The molecule has 0 fully saturated rings. The molecule has 0 N–H and O–H groups in total. The summed E-state index contributed by atoms with van der Waals surface area (Å²) in [5, 5.41) is 3.43. The molecule has 3 aliphatic carbocycles. The lowest BCUT2D eigenvalue weighted by Crippen LogP contribution is -2.13. The van der Waals surface area contributed by atoms with Crippen LogP contribution in [0.4, 0.5) is 0 Å². The van der Waals surface area contributed by atoms with Crippen molar-refractivity contribution in [3.8, 4) is 11.4 Å². The van der Waals surface area contributed by atoms with Crippen LogP contribution < -0.4 is 0 Å². The molecule has 2 aromatic heterocycles. The predicted octanol–water partition coefficient (Wildman–Crippen LogP) is 11.9. The van der Waals surface area contributed by atoms with E-state index in [4.69, 9.17) is 19.4 Å². The molecule has 4 nitrogen and oxygen atoms in total. The van der Waals surface area contributed by atoms with Crippen LogP contribution in [0.5, 0.6) is 0 Å². The second kappa shape index (κ2) is 13.7. The zero-order chi connectivity index (χ0) is 34.9. The van der Waals surface area contributed by atoms with Gasteiger partial charge in [0.1, 0.15) is 11.3 Å². The molecule has 3 aliphatic rings. The van der Waals surface area contributed by atoms with Crippen LogP contribution in [0, 0.1) is 5.92 Å². The van der Waals surface area contributed by atoms with Gasteiger partial charge in [-0.3, -0.25) is 0 Å². The van der Waals surface area contributed by atoms with E-state index in [1.54, 1.807) is 0 Å². The summed E-state index contributed by atoms with van der Waals surface area (Å²) in [6.07, 6.45) is 24.8. The van der Waals surface area contributed by atoms with Crippen molar-refractivity contribution in [2.45, 2.75) is 25.7 Å². The summed E-state index contributed by atoms with van der Waals surface area (Å²) in [5.74, 6) is 3.36. The standard InChI is InChI=1S/C48H37N3O/c1-2-32(33-15-4-3-5-16-33)14-6-9-19-36-28-29-43-45(41-22-12-13-23-42(41)52-43)44(36)48-50-46(39-26-24-34-17-7-10-20-37(34)30-39)49-47(51-48)40-27-25-35-18-8-11-21-38(35)31-40/h2-18,20-27,30,38H,1,19,28-29,31H2/b9-6-,32-14+. The number of benzene rings is 4. The van der Waals surface area contributed by atoms with Gasteiger partial charge in [0.25, 0.3) is 0 Å². The first-order chi connectivity index (χ1) is 25.7. The Kier molecular flexibility index (Phi) is 8.34. The van der Waals surface area contributed by atoms with E-state index < -0.39 is 0 Å². The quantitative estimate of drug-likeness (QED) is 0.151. The normalized spacial score (nSPS) is 17.0. The molecule has 52 heavy (non-hydrogen) atoms. The molecule has 0 aliphatic heterocycles. The summed E-state index contributed by atoms with van der Waals surface area (Å²) in [4.78, 5) is 15.8. The molecule has 4 heteroatoms. The third kappa shape index (κ3) is 6.03. The Morgan fingerprint density at radius 2 is 1.60 bits per heavy atom. The molecular weight excluding hydrogens is 635 g/mol. The molecule has 4 aromatic carbocycles. The number of hydrogen-bond acceptors (Lipinski definition) is 4. The molecule has 6 aromatic rings. The maximum atomic E-state index is 6.50. The zero-order valence-corrected chi connectivity index (χ0v) is 28.9. The van der Waals surface area contributed by atoms with Crippen LogP contribution in [0.2, 0.25) is 0 Å². The molecule has 0 bridgehead atoms. The predicted molar refractivity (Wildman–Crippen MR) is 214 cm³/mol. The van der Waals surface area contributed by atoms with Gasteiger partial charge in [0.05, 0.1) is 0 Å². The van der Waals surface area contributed by atoms with Gasteiger partial charge >= 0.3 is 0 Å². The Morgan fingerprint density at radius 1 is 0.788 bits per heavy atom. The highest BCUT2D eigenvalue weighted by atomic mass is 16.3. The van der Waals surface area contributed by atoms with E-state index in [1.165, 1.54) is 16.5 Å². The molecule has 0 saturated heterocycles. The molecule has 9 rings (SSSR count). The molecule has 1 unspecified atom stereocenters. The Bertz CT molecular complexity index is 2590. The van der Waals surface area contributed by atoms with Gasteiger partial charge in [-0.1, -0.05) is 158 Å². The van der Waals surface area contributed by atoms with Crippen LogP contribution in [0.15, 0.2) is 180 Å². The Hall–Kier alpha value is -6.39. The summed E-state index contributed by atoms with van der Waals surface area (Å²) >= 11 is 0. The molecule has 0 saturated carbocycles. The lowest BCUT2D eigenvalue weighted by atomic mass is 9.84. The van der Waals surface area contributed by atoms with Crippen LogP contribution in [0.3, 0.4) is 0 Å². The monoisotopic (exact) mass is 671 g/mol. The highest BCUT2D eigenvalue weighted by Gasteiger charge is 2.29. The third-order valence-electron chi connectivity index (χ3n) is 10.3. The zero-order valence-electron chi connectivity index (χ0n) is 28.9. The van der Waals surface area contributed by atoms with Crippen LogP contribution in [-0.2, 0) is 6.42 Å². The maximum absolute atomic E-state index is 6.50. The molecule has 2 heterocycles. The van der Waals surface area contributed by atoms with Gasteiger partial charge in [-0.25, -0.2) is 15.0 Å². The Morgan fingerprint density at radius 3 is 2.50 bits per heavy atom. The fourth-order valence-corrected chi connectivity index (χ4v) is 7.60. The van der Waals surface area contributed by atoms with Crippen molar-refractivity contribution in [1.82, 2.24) is 15.0 Å². The Balaban J connectivity index is 1.21. The van der Waals surface area contributed by atoms with Crippen molar-refractivity contribution < 1.29 is 4.42 Å². The minimum atomic E-state index is 0.303. The van der Waals surface area contributed by atoms with Crippen molar-refractivity contribution in [3.05, 3.63) is 204 Å². The van der Waals surface area contributed by atoms with Gasteiger partial charge in [-0.05, 0) is 64.5 Å². The second-order valence-corrected chi connectivity index (χ2v) is 13.5. The van der Waals surface area contributed by atoms with Crippen LogP contribution in [-0.4, -0.2) is 15.0 Å². The SMILES string of the molecule is C=C/C(=C\C=C/CC1=C(c2nc(C3=CC=C4C=CC=CC4C3)nc(-c3ccc4ccccc4c3)n2)c2c(oc3ccccc23)CC1)c1ccccc1. The Labute approximate surface area is 304 Å². The van der Waals surface area contributed by atoms with Crippen molar-refractivity contribution in [1.29, 1.82) is 0 Å². The van der Waals surface area contributed by atoms with E-state index in [2.05, 4.69) is 146 Å². The van der Waals surface area contributed by atoms with Gasteiger partial charge in [-0.15, -0.1) is 0 Å². The minimum absolute atomic E-state index is 0.303. The average molecular weight is 672 g/mol. The van der Waals surface area contributed by atoms with Crippen molar-refractivity contribution in [3.63, 3.8) is 0 Å². The van der Waals surface area contributed by atoms with E-state index in [0.29, 0.717) is 17.6 Å². The summed E-state index contributed by atoms with van der Waals surface area (Å²) in [6, 6.07) is 33.6. The number of fused-ring (bicyclic) bond motifs is 5. The van der Waals surface area contributed by atoms with Gasteiger partial charge < -0.3 is 4.42 Å². The van der Waals surface area contributed by atoms with E-state index in [0.717, 1.165) is 87.0 Å². The number of furan rings is 1. The average Bonchev–Trinajstić information content (AvgIpc) is 3.59. The number of aryl methyl sites for hydroxylation is 1. The lowest BCUT2D eigenvalue weighted by Gasteiger charge is -2.23. The second-order valence-electron chi connectivity index (χ2n) is 13.5. The molecule has 0 spiro atoms. The highest BCUT2D eigenvalue weighted by Crippen LogP contribution is 2.43. The number of hydrogen-bond donors (Lipinski definition) is 0. The van der Waals surface area contributed by atoms with Crippen molar-refractivity contribution in [2.24, 2.45) is 5.92 Å². The van der Waals surface area contributed by atoms with Crippen LogP contribution >= 0.6 is 0 Å². The minimum Gasteiger partial charge on any atom is -0.460 e. The fourth-order valence-electron chi connectivity index (χ4n) is 7.60. The molecule has 1 atom stereocenters. The number of aromatic nitrogens is 3. The molecule has 0 amide bonds. The molecule has 250 valence electrons. The van der Waals surface area contributed by atoms with Gasteiger partial charge in [0, 0.05) is 34.4 Å². The summed E-state index contributed by atoms with van der Waals surface area (Å²) in [6.45, 7) is 4.07. The highest BCUT2D eigenvalue weighted by molar-refractivity contribution is 5.98. The summed E-state index contributed by atoms with van der Waals surface area (Å²) < 4.78 is 6.50. The number of nitrogens with zero attached hydrogens (tertiary/aromatic N) is 3. The van der Waals surface area contributed by atoms with Crippen LogP contribution in [0.1, 0.15) is 47.8 Å². The van der Waals surface area contributed by atoms with E-state index in [1.807, 2.05) is 18.2 Å². The van der Waals surface area contributed by atoms with E-state index >= 15 is 0 Å². The van der Waals surface area contributed by atoms with E-state index in [-0.39, 0.29) is 0 Å². The third-order valence-corrected chi connectivity index (χ3v) is 10.3. The fraction of sp³-hybridized carbons (Fsp3) is 0.104. The van der Waals surface area contributed by atoms with Gasteiger partial charge in [-0.2, -0.15) is 0 Å². The topological polar surface area (TPSA) is 51.8 Å². The smallest absolute Gasteiger partial charge is 0.164 e. The molecular formula is C48H37N3O. The lowest BCUT2D eigenvalue weighted by molar-refractivity contribution is 0.541. The largest absolute Gasteiger partial charge is 0.460 e.